The van der Waals surface area contributed by atoms with E-state index in [-0.39, 0.29) is 6.17 Å². The van der Waals surface area contributed by atoms with Gasteiger partial charge in [0, 0.05) is 22.3 Å². The molecule has 2 N–H and O–H groups in total. The molecule has 0 bridgehead atoms. The molecule has 4 rings (SSSR count). The van der Waals surface area contributed by atoms with E-state index in [1.165, 1.54) is 10.8 Å². The van der Waals surface area contributed by atoms with Crippen LogP contribution in [0, 0.1) is 0 Å². The Balaban J connectivity index is 1.64. The molecule has 23 heavy (non-hydrogen) atoms. The molecule has 0 atom stereocenters. The molecule has 0 saturated heterocycles. The van der Waals surface area contributed by atoms with Gasteiger partial charge in [0.15, 0.2) is 0 Å². The smallest absolute Gasteiger partial charge is 0.126 e. The van der Waals surface area contributed by atoms with E-state index in [9.17, 15) is 0 Å². The fourth-order valence-electron chi connectivity index (χ4n) is 3.05. The molecule has 3 aromatic rings. The van der Waals surface area contributed by atoms with Crippen molar-refractivity contribution >= 4 is 28.2 Å². The van der Waals surface area contributed by atoms with Crippen LogP contribution in [0.3, 0.4) is 0 Å². The van der Waals surface area contributed by atoms with Crippen LogP contribution < -0.4 is 15.4 Å². The standard InChI is InChI=1S/C20H18N2O/c1-23-18-11-3-2-6-14(18)12-13-19-21-16-9-4-7-15-8-5-10-17(22-19)20(15)16/h2-13,19,21-22H,1H3/b13-12-. The minimum Gasteiger partial charge on any atom is -0.496 e. The zero-order chi connectivity index (χ0) is 15.6. The van der Waals surface area contributed by atoms with E-state index in [1.54, 1.807) is 7.11 Å². The van der Waals surface area contributed by atoms with E-state index in [2.05, 4.69) is 59.2 Å². The largest absolute Gasteiger partial charge is 0.496 e. The number of benzene rings is 3. The average Bonchev–Trinajstić information content (AvgIpc) is 2.60. The van der Waals surface area contributed by atoms with Crippen LogP contribution in [0.15, 0.2) is 66.7 Å². The van der Waals surface area contributed by atoms with Gasteiger partial charge < -0.3 is 15.4 Å². The summed E-state index contributed by atoms with van der Waals surface area (Å²) in [5, 5.41) is 9.55. The lowest BCUT2D eigenvalue weighted by atomic mass is 10.0. The topological polar surface area (TPSA) is 33.3 Å². The fraction of sp³-hybridized carbons (Fsp3) is 0.100. The molecule has 0 radical (unpaired) electrons. The minimum absolute atomic E-state index is 0.0420. The van der Waals surface area contributed by atoms with Gasteiger partial charge in [0.1, 0.15) is 11.9 Å². The van der Waals surface area contributed by atoms with Crippen molar-refractivity contribution in [1.29, 1.82) is 0 Å². The second-order valence-corrected chi connectivity index (χ2v) is 5.58. The Morgan fingerprint density at radius 1 is 0.870 bits per heavy atom. The predicted octanol–water partition coefficient (Wildman–Crippen LogP) is 4.73. The Morgan fingerprint density at radius 2 is 1.57 bits per heavy atom. The van der Waals surface area contributed by atoms with Crippen molar-refractivity contribution in [2.24, 2.45) is 0 Å². The van der Waals surface area contributed by atoms with Crippen LogP contribution in [-0.2, 0) is 0 Å². The van der Waals surface area contributed by atoms with Gasteiger partial charge in [0.2, 0.25) is 0 Å². The Morgan fingerprint density at radius 3 is 2.26 bits per heavy atom. The van der Waals surface area contributed by atoms with E-state index >= 15 is 0 Å². The van der Waals surface area contributed by atoms with Gasteiger partial charge >= 0.3 is 0 Å². The maximum atomic E-state index is 5.40. The molecule has 114 valence electrons. The highest BCUT2D eigenvalue weighted by atomic mass is 16.5. The summed E-state index contributed by atoms with van der Waals surface area (Å²) in [5.41, 5.74) is 3.38. The predicted molar refractivity (Wildman–Crippen MR) is 97.0 cm³/mol. The van der Waals surface area contributed by atoms with E-state index in [0.717, 1.165) is 22.7 Å². The fourth-order valence-corrected chi connectivity index (χ4v) is 3.05. The lowest BCUT2D eigenvalue weighted by molar-refractivity contribution is 0.414. The first-order valence-electron chi connectivity index (χ1n) is 7.71. The third kappa shape index (κ3) is 2.50. The van der Waals surface area contributed by atoms with Gasteiger partial charge in [-0.1, -0.05) is 48.5 Å². The Kier molecular flexibility index (Phi) is 3.39. The molecule has 1 aliphatic rings. The molecule has 0 aliphatic carbocycles. The van der Waals surface area contributed by atoms with Crippen molar-refractivity contribution in [2.45, 2.75) is 6.17 Å². The van der Waals surface area contributed by atoms with E-state index in [1.807, 2.05) is 24.3 Å². The molecule has 0 fully saturated rings. The number of anilines is 2. The molecule has 0 saturated carbocycles. The number of nitrogens with one attached hydrogen (secondary N) is 2. The van der Waals surface area contributed by atoms with Crippen LogP contribution in [0.5, 0.6) is 5.75 Å². The zero-order valence-corrected chi connectivity index (χ0v) is 12.9. The van der Waals surface area contributed by atoms with E-state index in [4.69, 9.17) is 4.74 Å². The minimum atomic E-state index is 0.0420. The van der Waals surface area contributed by atoms with Crippen LogP contribution >= 0.6 is 0 Å². The number of rotatable bonds is 3. The Bertz CT molecular complexity index is 845. The highest BCUT2D eigenvalue weighted by Gasteiger charge is 2.16. The van der Waals surface area contributed by atoms with Crippen LogP contribution in [-0.4, -0.2) is 13.3 Å². The summed E-state index contributed by atoms with van der Waals surface area (Å²) in [4.78, 5) is 0. The molecule has 3 aromatic carbocycles. The molecule has 0 aromatic heterocycles. The highest BCUT2D eigenvalue weighted by Crippen LogP contribution is 2.34. The summed E-state index contributed by atoms with van der Waals surface area (Å²) >= 11 is 0. The summed E-state index contributed by atoms with van der Waals surface area (Å²) in [6.45, 7) is 0. The first-order chi connectivity index (χ1) is 11.3. The molecule has 0 unspecified atom stereocenters. The number of hydrogen-bond donors (Lipinski definition) is 2. The van der Waals surface area contributed by atoms with Crippen molar-refractivity contribution in [1.82, 2.24) is 0 Å². The van der Waals surface area contributed by atoms with E-state index in [0.29, 0.717) is 0 Å². The Hall–Kier alpha value is -2.94. The summed E-state index contributed by atoms with van der Waals surface area (Å²) in [6.07, 6.45) is 4.24. The quantitative estimate of drug-likeness (QED) is 0.734. The van der Waals surface area contributed by atoms with Crippen molar-refractivity contribution in [3.63, 3.8) is 0 Å². The van der Waals surface area contributed by atoms with Gasteiger partial charge in [-0.3, -0.25) is 0 Å². The molecular weight excluding hydrogens is 284 g/mol. The average molecular weight is 302 g/mol. The second-order valence-electron chi connectivity index (χ2n) is 5.58. The maximum Gasteiger partial charge on any atom is 0.126 e. The van der Waals surface area contributed by atoms with Crippen LogP contribution in [0.4, 0.5) is 11.4 Å². The van der Waals surface area contributed by atoms with Gasteiger partial charge in [-0.15, -0.1) is 0 Å². The number of ether oxygens (including phenoxy) is 1. The third-order valence-corrected chi connectivity index (χ3v) is 4.13. The van der Waals surface area contributed by atoms with Gasteiger partial charge in [-0.2, -0.15) is 0 Å². The van der Waals surface area contributed by atoms with Crippen molar-refractivity contribution in [2.75, 3.05) is 17.7 Å². The molecule has 3 heteroatoms. The molecule has 1 aliphatic heterocycles. The van der Waals surface area contributed by atoms with Crippen molar-refractivity contribution in [3.05, 3.63) is 72.3 Å². The third-order valence-electron chi connectivity index (χ3n) is 4.13. The number of para-hydroxylation sites is 1. The summed E-state index contributed by atoms with van der Waals surface area (Å²) in [6, 6.07) is 20.7. The van der Waals surface area contributed by atoms with Gasteiger partial charge in [-0.05, 0) is 29.7 Å². The summed E-state index contributed by atoms with van der Waals surface area (Å²) in [7, 11) is 1.70. The summed E-state index contributed by atoms with van der Waals surface area (Å²) in [5.74, 6) is 0.877. The monoisotopic (exact) mass is 302 g/mol. The normalized spacial score (nSPS) is 13.8. The van der Waals surface area contributed by atoms with Gasteiger partial charge in [-0.25, -0.2) is 0 Å². The highest BCUT2D eigenvalue weighted by molar-refractivity contribution is 6.04. The molecule has 3 nitrogen and oxygen atoms in total. The lowest BCUT2D eigenvalue weighted by Crippen LogP contribution is -2.29. The second kappa shape index (κ2) is 5.69. The van der Waals surface area contributed by atoms with Gasteiger partial charge in [0.05, 0.1) is 7.11 Å². The zero-order valence-electron chi connectivity index (χ0n) is 12.9. The summed E-state index contributed by atoms with van der Waals surface area (Å²) < 4.78 is 5.40. The van der Waals surface area contributed by atoms with Crippen molar-refractivity contribution < 1.29 is 4.74 Å². The molecule has 1 heterocycles. The molecule has 0 spiro atoms. The lowest BCUT2D eigenvalue weighted by Gasteiger charge is -2.27. The van der Waals surface area contributed by atoms with Crippen LogP contribution in [0.25, 0.3) is 16.8 Å². The maximum absolute atomic E-state index is 5.40. The van der Waals surface area contributed by atoms with E-state index < -0.39 is 0 Å². The number of methoxy groups -OCH3 is 1. The van der Waals surface area contributed by atoms with Crippen LogP contribution in [0.1, 0.15) is 5.56 Å². The Labute approximate surface area is 135 Å². The van der Waals surface area contributed by atoms with Crippen molar-refractivity contribution in [3.8, 4) is 5.75 Å². The number of hydrogen-bond acceptors (Lipinski definition) is 3. The first-order valence-corrected chi connectivity index (χ1v) is 7.71. The van der Waals surface area contributed by atoms with Gasteiger partial charge in [0.25, 0.3) is 0 Å². The molecular formula is C20H18N2O. The first kappa shape index (κ1) is 13.7. The molecule has 0 amide bonds. The SMILES string of the molecule is COc1ccccc1/C=C\C1Nc2cccc3cccc(c23)N1. The van der Waals surface area contributed by atoms with Crippen LogP contribution in [0.2, 0.25) is 0 Å².